The Morgan fingerprint density at radius 2 is 1.78 bits per heavy atom. The summed E-state index contributed by atoms with van der Waals surface area (Å²) in [4.78, 5) is 10.6. The smallest absolute Gasteiger partial charge is 0.341 e. The van der Waals surface area contributed by atoms with E-state index in [4.69, 9.17) is 5.11 Å². The molecule has 18 heavy (non-hydrogen) atoms. The highest BCUT2D eigenvalue weighted by molar-refractivity contribution is 7.88. The molecule has 2 N–H and O–H groups in total. The lowest BCUT2D eigenvalue weighted by Gasteiger charge is -2.13. The number of aromatic carboxylic acids is 1. The first-order valence-electron chi connectivity index (χ1n) is 4.81. The molecule has 8 heteroatoms. The molecule has 0 heterocycles. The Morgan fingerprint density at radius 1 is 1.33 bits per heavy atom. The second kappa shape index (κ2) is 4.99. The van der Waals surface area contributed by atoms with E-state index in [1.54, 1.807) is 0 Å². The summed E-state index contributed by atoms with van der Waals surface area (Å²) in [6, 6.07) is 0.706. The van der Waals surface area contributed by atoms with Gasteiger partial charge in [0.05, 0.1) is 6.26 Å². The lowest BCUT2D eigenvalue weighted by Crippen LogP contribution is -2.25. The van der Waals surface area contributed by atoms with E-state index in [0.717, 1.165) is 18.4 Å². The van der Waals surface area contributed by atoms with Gasteiger partial charge in [-0.05, 0) is 24.6 Å². The maximum absolute atomic E-state index is 13.4. The second-order valence-corrected chi connectivity index (χ2v) is 5.56. The highest BCUT2D eigenvalue weighted by atomic mass is 32.2. The van der Waals surface area contributed by atoms with E-state index in [-0.39, 0.29) is 5.56 Å². The van der Waals surface area contributed by atoms with Gasteiger partial charge in [0.25, 0.3) is 0 Å². The molecule has 100 valence electrons. The van der Waals surface area contributed by atoms with E-state index in [1.807, 2.05) is 0 Å². The van der Waals surface area contributed by atoms with Crippen LogP contribution in [0.2, 0.25) is 0 Å². The van der Waals surface area contributed by atoms with Crippen LogP contribution in [0.25, 0.3) is 0 Å². The topological polar surface area (TPSA) is 83.5 Å². The van der Waals surface area contributed by atoms with Crippen molar-refractivity contribution in [1.29, 1.82) is 0 Å². The molecule has 0 aliphatic rings. The standard InChI is InChI=1S/C10H11F2NO4S/c1-5(13-18(2,16)17)6-3-7(11)9(10(14)15)8(12)4-6/h3-5,13H,1-2H3,(H,14,15). The summed E-state index contributed by atoms with van der Waals surface area (Å²) in [6.07, 6.45) is 0.905. The summed E-state index contributed by atoms with van der Waals surface area (Å²) in [7, 11) is -3.53. The summed E-state index contributed by atoms with van der Waals surface area (Å²) in [5.74, 6) is -4.22. The van der Waals surface area contributed by atoms with E-state index in [1.165, 1.54) is 6.92 Å². The maximum Gasteiger partial charge on any atom is 0.341 e. The fourth-order valence-electron chi connectivity index (χ4n) is 1.44. The lowest BCUT2D eigenvalue weighted by atomic mass is 10.1. The average molecular weight is 279 g/mol. The molecule has 0 bridgehead atoms. The summed E-state index contributed by atoms with van der Waals surface area (Å²) in [5.41, 5.74) is -1.06. The molecule has 1 aromatic rings. The van der Waals surface area contributed by atoms with Gasteiger partial charge >= 0.3 is 5.97 Å². The van der Waals surface area contributed by atoms with Gasteiger partial charge in [-0.2, -0.15) is 0 Å². The number of nitrogens with one attached hydrogen (secondary N) is 1. The zero-order chi connectivity index (χ0) is 14.1. The van der Waals surface area contributed by atoms with Crippen molar-refractivity contribution >= 4 is 16.0 Å². The first kappa shape index (κ1) is 14.5. The largest absolute Gasteiger partial charge is 0.477 e. The third-order valence-corrected chi connectivity index (χ3v) is 2.95. The SMILES string of the molecule is CC(NS(C)(=O)=O)c1cc(F)c(C(=O)O)c(F)c1. The quantitative estimate of drug-likeness (QED) is 0.869. The third-order valence-electron chi connectivity index (χ3n) is 2.17. The molecular weight excluding hydrogens is 268 g/mol. The Kier molecular flexibility index (Phi) is 4.02. The van der Waals surface area contributed by atoms with E-state index in [9.17, 15) is 22.0 Å². The van der Waals surface area contributed by atoms with Crippen LogP contribution in [0.5, 0.6) is 0 Å². The Balaban J connectivity index is 3.18. The Morgan fingerprint density at radius 3 is 2.11 bits per heavy atom. The fourth-order valence-corrected chi connectivity index (χ4v) is 2.21. The zero-order valence-corrected chi connectivity index (χ0v) is 10.4. The molecule has 5 nitrogen and oxygen atoms in total. The van der Waals surface area contributed by atoms with Crippen LogP contribution in [-0.4, -0.2) is 25.7 Å². The minimum atomic E-state index is -3.53. The highest BCUT2D eigenvalue weighted by Crippen LogP contribution is 2.20. The summed E-state index contributed by atoms with van der Waals surface area (Å²) < 4.78 is 50.8. The van der Waals surface area contributed by atoms with Crippen LogP contribution in [0.15, 0.2) is 12.1 Å². The summed E-state index contributed by atoms with van der Waals surface area (Å²) >= 11 is 0. The van der Waals surface area contributed by atoms with Gasteiger partial charge in [-0.15, -0.1) is 0 Å². The number of sulfonamides is 1. The predicted molar refractivity (Wildman–Crippen MR) is 59.7 cm³/mol. The van der Waals surface area contributed by atoms with Crippen LogP contribution in [0.1, 0.15) is 28.9 Å². The van der Waals surface area contributed by atoms with Crippen LogP contribution in [0.3, 0.4) is 0 Å². The van der Waals surface area contributed by atoms with Crippen molar-refractivity contribution in [3.05, 3.63) is 34.9 Å². The molecule has 1 unspecified atom stereocenters. The van der Waals surface area contributed by atoms with Crippen LogP contribution in [0.4, 0.5) is 8.78 Å². The average Bonchev–Trinajstić information content (AvgIpc) is 2.12. The number of carboxylic acid groups (broad SMARTS) is 1. The van der Waals surface area contributed by atoms with Crippen molar-refractivity contribution in [1.82, 2.24) is 4.72 Å². The first-order chi connectivity index (χ1) is 8.11. The van der Waals surface area contributed by atoms with Gasteiger partial charge in [-0.1, -0.05) is 0 Å². The third kappa shape index (κ3) is 3.47. The van der Waals surface area contributed by atoms with Gasteiger partial charge < -0.3 is 5.11 Å². The van der Waals surface area contributed by atoms with Gasteiger partial charge in [0.15, 0.2) is 0 Å². The first-order valence-corrected chi connectivity index (χ1v) is 6.70. The number of carbonyl (C=O) groups is 1. The molecule has 1 aromatic carbocycles. The molecular formula is C10H11F2NO4S. The van der Waals surface area contributed by atoms with Gasteiger partial charge in [0.2, 0.25) is 10.0 Å². The fraction of sp³-hybridized carbons (Fsp3) is 0.300. The van der Waals surface area contributed by atoms with Crippen LogP contribution >= 0.6 is 0 Å². The van der Waals surface area contributed by atoms with Crippen molar-refractivity contribution in [2.75, 3.05) is 6.26 Å². The molecule has 0 aliphatic heterocycles. The molecule has 1 atom stereocenters. The lowest BCUT2D eigenvalue weighted by molar-refractivity contribution is 0.0686. The van der Waals surface area contributed by atoms with Crippen molar-refractivity contribution in [2.45, 2.75) is 13.0 Å². The molecule has 0 aliphatic carbocycles. The second-order valence-electron chi connectivity index (χ2n) is 3.78. The maximum atomic E-state index is 13.4. The van der Waals surface area contributed by atoms with Crippen molar-refractivity contribution in [3.63, 3.8) is 0 Å². The van der Waals surface area contributed by atoms with Gasteiger partial charge in [-0.3, -0.25) is 0 Å². The van der Waals surface area contributed by atoms with Crippen LogP contribution < -0.4 is 4.72 Å². The van der Waals surface area contributed by atoms with E-state index >= 15 is 0 Å². The Hall–Kier alpha value is -1.54. The summed E-state index contributed by atoms with van der Waals surface area (Å²) in [6.45, 7) is 1.38. The van der Waals surface area contributed by atoms with Crippen molar-refractivity contribution in [2.24, 2.45) is 0 Å². The van der Waals surface area contributed by atoms with Gasteiger partial charge in [0, 0.05) is 6.04 Å². The van der Waals surface area contributed by atoms with E-state index in [2.05, 4.69) is 4.72 Å². The number of benzene rings is 1. The zero-order valence-electron chi connectivity index (χ0n) is 9.57. The molecule has 0 aromatic heterocycles. The molecule has 0 fully saturated rings. The van der Waals surface area contributed by atoms with E-state index < -0.39 is 39.2 Å². The molecule has 0 saturated carbocycles. The number of hydrogen-bond acceptors (Lipinski definition) is 3. The number of carboxylic acids is 1. The molecule has 0 saturated heterocycles. The Labute approximate surface area is 102 Å². The van der Waals surface area contributed by atoms with Crippen LogP contribution in [0, 0.1) is 11.6 Å². The predicted octanol–water partition coefficient (Wildman–Crippen LogP) is 1.27. The normalized spacial score (nSPS) is 13.3. The van der Waals surface area contributed by atoms with Crippen LogP contribution in [-0.2, 0) is 10.0 Å². The minimum absolute atomic E-state index is 0.000394. The molecule has 0 radical (unpaired) electrons. The monoisotopic (exact) mass is 279 g/mol. The molecule has 1 rings (SSSR count). The number of hydrogen-bond donors (Lipinski definition) is 2. The van der Waals surface area contributed by atoms with Gasteiger partial charge in [0.1, 0.15) is 17.2 Å². The minimum Gasteiger partial charge on any atom is -0.477 e. The number of halogens is 2. The highest BCUT2D eigenvalue weighted by Gasteiger charge is 2.20. The Bertz CT molecular complexity index is 563. The van der Waals surface area contributed by atoms with Crippen molar-refractivity contribution in [3.8, 4) is 0 Å². The number of rotatable bonds is 4. The molecule has 0 spiro atoms. The summed E-state index contributed by atoms with van der Waals surface area (Å²) in [5, 5.41) is 8.57. The van der Waals surface area contributed by atoms with Crippen molar-refractivity contribution < 1.29 is 27.1 Å². The molecule has 0 amide bonds. The van der Waals surface area contributed by atoms with E-state index in [0.29, 0.717) is 0 Å². The van der Waals surface area contributed by atoms with Gasteiger partial charge in [-0.25, -0.2) is 26.7 Å².